The molecule has 3 heteroatoms. The van der Waals surface area contributed by atoms with Crippen LogP contribution in [0.3, 0.4) is 0 Å². The second-order valence-electron chi connectivity index (χ2n) is 3.98. The minimum absolute atomic E-state index is 0.199. The van der Waals surface area contributed by atoms with Gasteiger partial charge >= 0.3 is 0 Å². The summed E-state index contributed by atoms with van der Waals surface area (Å²) in [4.78, 5) is 2.83. The molecule has 0 radical (unpaired) electrons. The molecule has 0 spiro atoms. The summed E-state index contributed by atoms with van der Waals surface area (Å²) in [6.45, 7) is 2.15. The fraction of sp³-hybridized carbons (Fsp3) is 0.600. The molecule has 0 amide bonds. The summed E-state index contributed by atoms with van der Waals surface area (Å²) in [5.74, 6) is 0. The Balaban J connectivity index is 1.94. The van der Waals surface area contributed by atoms with Gasteiger partial charge in [-0.25, -0.2) is 0 Å². The average molecular weight is 260 g/mol. The molecule has 0 unspecified atom stereocenters. The molecular weight excluding hydrogens is 246 g/mol. The van der Waals surface area contributed by atoms with Crippen LogP contribution < -0.4 is 5.73 Å². The molecule has 1 fully saturated rings. The van der Waals surface area contributed by atoms with Crippen LogP contribution >= 0.6 is 27.3 Å². The van der Waals surface area contributed by atoms with E-state index in [9.17, 15) is 0 Å². The number of halogens is 1. The number of nitrogens with two attached hydrogens (primary N) is 1. The minimum atomic E-state index is 0.199. The highest BCUT2D eigenvalue weighted by Crippen LogP contribution is 2.37. The van der Waals surface area contributed by atoms with E-state index >= 15 is 0 Å². The van der Waals surface area contributed by atoms with Crippen LogP contribution in [0.4, 0.5) is 0 Å². The zero-order valence-electron chi connectivity index (χ0n) is 7.77. The second kappa shape index (κ2) is 3.37. The van der Waals surface area contributed by atoms with Crippen LogP contribution in [0.2, 0.25) is 0 Å². The van der Waals surface area contributed by atoms with Gasteiger partial charge in [-0.1, -0.05) is 0 Å². The summed E-state index contributed by atoms with van der Waals surface area (Å²) >= 11 is 5.41. The van der Waals surface area contributed by atoms with Crippen LogP contribution in [0.25, 0.3) is 0 Å². The van der Waals surface area contributed by atoms with E-state index in [0.29, 0.717) is 0 Å². The Bertz CT molecular complexity index is 295. The second-order valence-corrected chi connectivity index (χ2v) is 6.17. The number of hydrogen-bond acceptors (Lipinski definition) is 2. The molecule has 1 saturated carbocycles. The first-order valence-electron chi connectivity index (χ1n) is 4.63. The molecule has 2 rings (SSSR count). The third-order valence-corrected chi connectivity index (χ3v) is 4.87. The van der Waals surface area contributed by atoms with Gasteiger partial charge in [-0.3, -0.25) is 0 Å². The summed E-state index contributed by atoms with van der Waals surface area (Å²) in [5.41, 5.74) is 6.23. The van der Waals surface area contributed by atoms with Crippen molar-refractivity contribution in [2.45, 2.75) is 38.1 Å². The van der Waals surface area contributed by atoms with Crippen LogP contribution in [0.1, 0.15) is 29.0 Å². The van der Waals surface area contributed by atoms with E-state index < -0.39 is 0 Å². The van der Waals surface area contributed by atoms with Gasteiger partial charge in [-0.15, -0.1) is 11.3 Å². The lowest BCUT2D eigenvalue weighted by molar-refractivity contribution is 0.612. The zero-order valence-corrected chi connectivity index (χ0v) is 10.2. The van der Waals surface area contributed by atoms with Crippen molar-refractivity contribution in [3.05, 3.63) is 20.3 Å². The predicted octanol–water partition coefficient (Wildman–Crippen LogP) is 3.24. The topological polar surface area (TPSA) is 26.0 Å². The number of thiophene rings is 1. The Kier molecular flexibility index (Phi) is 2.51. The van der Waals surface area contributed by atoms with Crippen molar-refractivity contribution in [1.29, 1.82) is 0 Å². The number of hydrogen-bond donors (Lipinski definition) is 1. The number of aryl methyl sites for hydroxylation is 2. The summed E-state index contributed by atoms with van der Waals surface area (Å²) < 4.78 is 1.24. The van der Waals surface area contributed by atoms with E-state index in [0.717, 1.165) is 12.8 Å². The summed E-state index contributed by atoms with van der Waals surface area (Å²) in [5, 5.41) is 0. The SMILES string of the molecule is Cc1sc(CCC2(N)CC2)cc1Br. The lowest BCUT2D eigenvalue weighted by Crippen LogP contribution is -2.21. The molecule has 1 heterocycles. The fourth-order valence-corrected chi connectivity index (χ4v) is 3.03. The molecule has 1 aromatic rings. The quantitative estimate of drug-likeness (QED) is 0.887. The maximum absolute atomic E-state index is 6.03. The third-order valence-electron chi connectivity index (χ3n) is 2.67. The highest BCUT2D eigenvalue weighted by Gasteiger charge is 2.37. The first kappa shape index (κ1) is 9.69. The molecule has 0 atom stereocenters. The summed E-state index contributed by atoms with van der Waals surface area (Å²) in [7, 11) is 0. The van der Waals surface area contributed by atoms with E-state index in [1.165, 1.54) is 27.1 Å². The Hall–Kier alpha value is 0.140. The van der Waals surface area contributed by atoms with E-state index in [2.05, 4.69) is 28.9 Å². The first-order chi connectivity index (χ1) is 6.09. The van der Waals surface area contributed by atoms with Crippen molar-refractivity contribution < 1.29 is 0 Å². The Labute approximate surface area is 91.5 Å². The maximum Gasteiger partial charge on any atom is 0.0314 e. The van der Waals surface area contributed by atoms with Gasteiger partial charge < -0.3 is 5.73 Å². The smallest absolute Gasteiger partial charge is 0.0314 e. The van der Waals surface area contributed by atoms with Crippen molar-refractivity contribution in [3.63, 3.8) is 0 Å². The van der Waals surface area contributed by atoms with Crippen LogP contribution in [0.5, 0.6) is 0 Å². The third kappa shape index (κ3) is 2.33. The highest BCUT2D eigenvalue weighted by atomic mass is 79.9. The molecule has 0 bridgehead atoms. The molecule has 2 N–H and O–H groups in total. The van der Waals surface area contributed by atoms with Crippen LogP contribution in [0.15, 0.2) is 10.5 Å². The van der Waals surface area contributed by atoms with Gasteiger partial charge in [0.1, 0.15) is 0 Å². The van der Waals surface area contributed by atoms with Crippen LogP contribution in [-0.4, -0.2) is 5.54 Å². The van der Waals surface area contributed by atoms with Crippen molar-refractivity contribution >= 4 is 27.3 Å². The molecule has 1 aliphatic rings. The van der Waals surface area contributed by atoms with Crippen molar-refractivity contribution in [3.8, 4) is 0 Å². The van der Waals surface area contributed by atoms with Crippen LogP contribution in [-0.2, 0) is 6.42 Å². The molecule has 72 valence electrons. The summed E-state index contributed by atoms with van der Waals surface area (Å²) in [6, 6.07) is 2.23. The largest absolute Gasteiger partial charge is 0.325 e. The molecule has 13 heavy (non-hydrogen) atoms. The minimum Gasteiger partial charge on any atom is -0.325 e. The van der Waals surface area contributed by atoms with E-state index in [-0.39, 0.29) is 5.54 Å². The van der Waals surface area contributed by atoms with Crippen molar-refractivity contribution in [2.75, 3.05) is 0 Å². The van der Waals surface area contributed by atoms with E-state index in [1.807, 2.05) is 11.3 Å². The van der Waals surface area contributed by atoms with Crippen molar-refractivity contribution in [2.24, 2.45) is 5.73 Å². The number of rotatable bonds is 3. The Morgan fingerprint density at radius 2 is 2.31 bits per heavy atom. The molecule has 1 nitrogen and oxygen atoms in total. The normalized spacial score (nSPS) is 19.0. The molecule has 1 aromatic heterocycles. The lowest BCUT2D eigenvalue weighted by atomic mass is 10.1. The van der Waals surface area contributed by atoms with Crippen molar-refractivity contribution in [1.82, 2.24) is 0 Å². The Morgan fingerprint density at radius 1 is 1.62 bits per heavy atom. The predicted molar refractivity (Wildman–Crippen MR) is 61.2 cm³/mol. The first-order valence-corrected chi connectivity index (χ1v) is 6.24. The monoisotopic (exact) mass is 259 g/mol. The average Bonchev–Trinajstić information content (AvgIpc) is 2.72. The van der Waals surface area contributed by atoms with Crippen LogP contribution in [0, 0.1) is 6.92 Å². The molecule has 0 aromatic carbocycles. The molecular formula is C10H14BrNS. The van der Waals surface area contributed by atoms with Gasteiger partial charge in [0.25, 0.3) is 0 Å². The fourth-order valence-electron chi connectivity index (χ4n) is 1.42. The molecule has 0 saturated heterocycles. The van der Waals surface area contributed by atoms with E-state index in [1.54, 1.807) is 0 Å². The lowest BCUT2D eigenvalue weighted by Gasteiger charge is -2.05. The van der Waals surface area contributed by atoms with Gasteiger partial charge in [0.05, 0.1) is 0 Å². The zero-order chi connectivity index (χ0) is 9.47. The van der Waals surface area contributed by atoms with E-state index in [4.69, 9.17) is 5.73 Å². The van der Waals surface area contributed by atoms with Gasteiger partial charge in [-0.2, -0.15) is 0 Å². The standard InChI is InChI=1S/C10H14BrNS/c1-7-9(11)6-8(13-7)2-3-10(12)4-5-10/h6H,2-5,12H2,1H3. The summed E-state index contributed by atoms with van der Waals surface area (Å²) in [6.07, 6.45) is 4.74. The Morgan fingerprint density at radius 3 is 2.77 bits per heavy atom. The highest BCUT2D eigenvalue weighted by molar-refractivity contribution is 9.10. The molecule has 0 aliphatic heterocycles. The molecule has 1 aliphatic carbocycles. The van der Waals surface area contributed by atoms with Gasteiger partial charge in [0, 0.05) is 19.8 Å². The van der Waals surface area contributed by atoms with Gasteiger partial charge in [0.15, 0.2) is 0 Å². The van der Waals surface area contributed by atoms with Gasteiger partial charge in [0.2, 0.25) is 0 Å². The van der Waals surface area contributed by atoms with Gasteiger partial charge in [-0.05, 0) is 54.6 Å². The maximum atomic E-state index is 6.03.